The van der Waals surface area contributed by atoms with Crippen LogP contribution in [0.3, 0.4) is 0 Å². The second kappa shape index (κ2) is 7.99. The summed E-state index contributed by atoms with van der Waals surface area (Å²) in [7, 11) is 3.19. The van der Waals surface area contributed by atoms with Crippen molar-refractivity contribution in [2.75, 3.05) is 20.8 Å². The summed E-state index contributed by atoms with van der Waals surface area (Å²) in [6.07, 6.45) is 3.16. The molecule has 0 aliphatic heterocycles. The van der Waals surface area contributed by atoms with E-state index in [0.717, 1.165) is 12.1 Å². The van der Waals surface area contributed by atoms with Crippen molar-refractivity contribution in [3.8, 4) is 11.5 Å². The van der Waals surface area contributed by atoms with Gasteiger partial charge in [0.05, 0.1) is 33.1 Å². The summed E-state index contributed by atoms with van der Waals surface area (Å²) in [5.74, 6) is 1.34. The number of hydrogen-bond acceptors (Lipinski definition) is 5. The Balaban J connectivity index is 1.94. The first kappa shape index (κ1) is 17.3. The summed E-state index contributed by atoms with van der Waals surface area (Å²) in [5.41, 5.74) is 1.85. The zero-order valence-corrected chi connectivity index (χ0v) is 14.1. The minimum Gasteiger partial charge on any atom is -0.497 e. The molecule has 126 valence electrons. The lowest BCUT2D eigenvalue weighted by Crippen LogP contribution is -2.34. The van der Waals surface area contributed by atoms with Crippen LogP contribution < -0.4 is 14.8 Å². The second-order valence-corrected chi connectivity index (χ2v) is 5.67. The number of aliphatic hydroxyl groups is 1. The lowest BCUT2D eigenvalue weighted by molar-refractivity contribution is 0.164. The SMILES string of the molecule is COc1ccc(OC)c(C(O)CNC(C)Cn2cc(C)cn2)c1. The molecule has 2 atom stereocenters. The first-order valence-corrected chi connectivity index (χ1v) is 7.66. The van der Waals surface area contributed by atoms with Gasteiger partial charge in [0.1, 0.15) is 11.5 Å². The average Bonchev–Trinajstić information content (AvgIpc) is 2.96. The maximum absolute atomic E-state index is 10.5. The standard InChI is InChI=1S/C17H25N3O3/c1-12-8-19-20(10-12)11-13(2)18-9-16(21)15-7-14(22-3)5-6-17(15)23-4/h5-8,10,13,16,18,21H,9,11H2,1-4H3. The molecule has 2 rings (SSSR count). The zero-order chi connectivity index (χ0) is 16.8. The van der Waals surface area contributed by atoms with E-state index >= 15 is 0 Å². The Kier molecular flexibility index (Phi) is 6.01. The average molecular weight is 319 g/mol. The highest BCUT2D eigenvalue weighted by atomic mass is 16.5. The van der Waals surface area contributed by atoms with Crippen molar-refractivity contribution in [3.63, 3.8) is 0 Å². The van der Waals surface area contributed by atoms with E-state index < -0.39 is 6.10 Å². The molecule has 1 heterocycles. The van der Waals surface area contributed by atoms with Crippen LogP contribution in [0.2, 0.25) is 0 Å². The van der Waals surface area contributed by atoms with Gasteiger partial charge in [0, 0.05) is 24.3 Å². The van der Waals surface area contributed by atoms with Gasteiger partial charge in [0.15, 0.2) is 0 Å². The molecule has 0 spiro atoms. The number of nitrogens with one attached hydrogen (secondary N) is 1. The number of aliphatic hydroxyl groups excluding tert-OH is 1. The smallest absolute Gasteiger partial charge is 0.124 e. The third kappa shape index (κ3) is 4.71. The summed E-state index contributed by atoms with van der Waals surface area (Å²) in [4.78, 5) is 0. The fourth-order valence-electron chi connectivity index (χ4n) is 2.43. The summed E-state index contributed by atoms with van der Waals surface area (Å²) < 4.78 is 12.4. The third-order valence-corrected chi connectivity index (χ3v) is 3.68. The Hall–Kier alpha value is -2.05. The van der Waals surface area contributed by atoms with Crippen LogP contribution >= 0.6 is 0 Å². The predicted molar refractivity (Wildman–Crippen MR) is 88.9 cm³/mol. The first-order chi connectivity index (χ1) is 11.0. The molecule has 0 aliphatic carbocycles. The monoisotopic (exact) mass is 319 g/mol. The number of hydrogen-bond donors (Lipinski definition) is 2. The van der Waals surface area contributed by atoms with Crippen molar-refractivity contribution in [1.29, 1.82) is 0 Å². The predicted octanol–water partition coefficient (Wildman–Crippen LogP) is 1.92. The fourth-order valence-corrected chi connectivity index (χ4v) is 2.43. The fraction of sp³-hybridized carbons (Fsp3) is 0.471. The highest BCUT2D eigenvalue weighted by molar-refractivity contribution is 5.41. The summed E-state index contributed by atoms with van der Waals surface area (Å²) in [6, 6.07) is 5.59. The number of aryl methyl sites for hydroxylation is 1. The molecule has 1 aromatic carbocycles. The molecule has 0 radical (unpaired) electrons. The van der Waals surface area contributed by atoms with E-state index in [1.54, 1.807) is 26.4 Å². The molecule has 0 amide bonds. The Labute approximate surface area is 137 Å². The van der Waals surface area contributed by atoms with Gasteiger partial charge in [0.2, 0.25) is 0 Å². The minimum absolute atomic E-state index is 0.181. The number of nitrogens with zero attached hydrogens (tertiary/aromatic N) is 2. The maximum Gasteiger partial charge on any atom is 0.124 e. The zero-order valence-electron chi connectivity index (χ0n) is 14.1. The maximum atomic E-state index is 10.5. The Bertz CT molecular complexity index is 627. The van der Waals surface area contributed by atoms with Crippen LogP contribution in [0.25, 0.3) is 0 Å². The number of benzene rings is 1. The molecule has 0 bridgehead atoms. The second-order valence-electron chi connectivity index (χ2n) is 5.67. The quantitative estimate of drug-likeness (QED) is 0.778. The van der Waals surface area contributed by atoms with Crippen LogP contribution in [0, 0.1) is 6.92 Å². The van der Waals surface area contributed by atoms with Crippen molar-refractivity contribution in [1.82, 2.24) is 15.1 Å². The summed E-state index contributed by atoms with van der Waals surface area (Å²) in [6.45, 7) is 5.24. The van der Waals surface area contributed by atoms with E-state index in [1.807, 2.05) is 30.1 Å². The number of aromatic nitrogens is 2. The minimum atomic E-state index is -0.679. The van der Waals surface area contributed by atoms with Crippen molar-refractivity contribution < 1.29 is 14.6 Å². The van der Waals surface area contributed by atoms with Gasteiger partial charge in [-0.05, 0) is 37.6 Å². The molecule has 6 nitrogen and oxygen atoms in total. The van der Waals surface area contributed by atoms with Crippen molar-refractivity contribution in [3.05, 3.63) is 41.7 Å². The molecule has 2 N–H and O–H groups in total. The van der Waals surface area contributed by atoms with E-state index in [2.05, 4.69) is 17.3 Å². The number of ether oxygens (including phenoxy) is 2. The number of rotatable bonds is 8. The van der Waals surface area contributed by atoms with Gasteiger partial charge in [-0.2, -0.15) is 5.10 Å². The molecule has 2 aromatic rings. The number of methoxy groups -OCH3 is 2. The van der Waals surface area contributed by atoms with Crippen LogP contribution in [-0.2, 0) is 6.54 Å². The molecule has 0 saturated carbocycles. The van der Waals surface area contributed by atoms with E-state index in [1.165, 1.54) is 0 Å². The summed E-state index contributed by atoms with van der Waals surface area (Å²) in [5, 5.41) is 18.0. The molecule has 23 heavy (non-hydrogen) atoms. The van der Waals surface area contributed by atoms with Gasteiger partial charge in [-0.15, -0.1) is 0 Å². The normalized spacial score (nSPS) is 13.6. The topological polar surface area (TPSA) is 68.5 Å². The molecule has 1 aromatic heterocycles. The summed E-state index contributed by atoms with van der Waals surface area (Å²) >= 11 is 0. The van der Waals surface area contributed by atoms with Crippen LogP contribution in [0.5, 0.6) is 11.5 Å². The van der Waals surface area contributed by atoms with E-state index in [-0.39, 0.29) is 6.04 Å². The lowest BCUT2D eigenvalue weighted by atomic mass is 10.1. The van der Waals surface area contributed by atoms with Crippen molar-refractivity contribution in [2.24, 2.45) is 0 Å². The largest absolute Gasteiger partial charge is 0.497 e. The Morgan fingerprint density at radius 3 is 2.70 bits per heavy atom. The molecule has 2 unspecified atom stereocenters. The Morgan fingerprint density at radius 2 is 2.09 bits per heavy atom. The van der Waals surface area contributed by atoms with Crippen LogP contribution in [0.15, 0.2) is 30.6 Å². The van der Waals surface area contributed by atoms with E-state index in [9.17, 15) is 5.11 Å². The van der Waals surface area contributed by atoms with Gasteiger partial charge < -0.3 is 19.9 Å². The highest BCUT2D eigenvalue weighted by Crippen LogP contribution is 2.29. The van der Waals surface area contributed by atoms with E-state index in [0.29, 0.717) is 23.6 Å². The van der Waals surface area contributed by atoms with Gasteiger partial charge >= 0.3 is 0 Å². The molecule has 0 saturated heterocycles. The van der Waals surface area contributed by atoms with Crippen LogP contribution in [-0.4, -0.2) is 41.7 Å². The highest BCUT2D eigenvalue weighted by Gasteiger charge is 2.15. The molecular weight excluding hydrogens is 294 g/mol. The molecular formula is C17H25N3O3. The lowest BCUT2D eigenvalue weighted by Gasteiger charge is -2.19. The van der Waals surface area contributed by atoms with Crippen LogP contribution in [0.1, 0.15) is 24.2 Å². The molecule has 0 aliphatic rings. The molecule has 0 fully saturated rings. The molecule has 6 heteroatoms. The van der Waals surface area contributed by atoms with Gasteiger partial charge in [0.25, 0.3) is 0 Å². The van der Waals surface area contributed by atoms with Crippen molar-refractivity contribution in [2.45, 2.75) is 32.5 Å². The first-order valence-electron chi connectivity index (χ1n) is 7.66. The van der Waals surface area contributed by atoms with Gasteiger partial charge in [-0.3, -0.25) is 4.68 Å². The van der Waals surface area contributed by atoms with E-state index in [4.69, 9.17) is 9.47 Å². The van der Waals surface area contributed by atoms with Gasteiger partial charge in [-0.25, -0.2) is 0 Å². The van der Waals surface area contributed by atoms with Crippen LogP contribution in [0.4, 0.5) is 0 Å². The van der Waals surface area contributed by atoms with Crippen molar-refractivity contribution >= 4 is 0 Å². The Morgan fingerprint density at radius 1 is 1.30 bits per heavy atom. The third-order valence-electron chi connectivity index (χ3n) is 3.68. The van der Waals surface area contributed by atoms with Gasteiger partial charge in [-0.1, -0.05) is 0 Å².